The van der Waals surface area contributed by atoms with Crippen molar-refractivity contribution in [1.82, 2.24) is 19.9 Å². The van der Waals surface area contributed by atoms with E-state index in [4.69, 9.17) is 11.6 Å². The molecule has 0 N–H and O–H groups in total. The molecule has 0 spiro atoms. The van der Waals surface area contributed by atoms with Crippen LogP contribution in [0.2, 0.25) is 5.15 Å². The third-order valence-electron chi connectivity index (χ3n) is 1.79. The van der Waals surface area contributed by atoms with Crippen LogP contribution in [0.3, 0.4) is 0 Å². The van der Waals surface area contributed by atoms with Gasteiger partial charge in [0.25, 0.3) is 0 Å². The number of halogens is 1. The van der Waals surface area contributed by atoms with Gasteiger partial charge in [0.2, 0.25) is 5.15 Å². The Morgan fingerprint density at radius 2 is 1.88 bits per heavy atom. The van der Waals surface area contributed by atoms with Gasteiger partial charge in [0.05, 0.1) is 4.92 Å². The number of nitro groups is 1. The molecule has 0 bridgehead atoms. The highest BCUT2D eigenvalue weighted by Gasteiger charge is 2.22. The van der Waals surface area contributed by atoms with E-state index >= 15 is 0 Å². The predicted octanol–water partition coefficient (Wildman–Crippen LogP) is 1.50. The first-order chi connectivity index (χ1) is 7.70. The van der Waals surface area contributed by atoms with Gasteiger partial charge in [-0.1, -0.05) is 11.6 Å². The smallest absolute Gasteiger partial charge is 0.258 e. The first-order valence-corrected chi connectivity index (χ1v) is 4.48. The number of hydrogen-bond acceptors (Lipinski definition) is 6. The fraction of sp³-hybridized carbons (Fsp3) is 0. The van der Waals surface area contributed by atoms with Gasteiger partial charge in [0.1, 0.15) is 12.7 Å². The lowest BCUT2D eigenvalue weighted by molar-refractivity contribution is -0.384. The number of hydrogen-bond donors (Lipinski definition) is 0. The lowest BCUT2D eigenvalue weighted by Crippen LogP contribution is -1.98. The summed E-state index contributed by atoms with van der Waals surface area (Å²) in [5, 5.41) is 10.6. The maximum atomic E-state index is 10.8. The summed E-state index contributed by atoms with van der Waals surface area (Å²) in [6.45, 7) is 0. The SMILES string of the molecule is O=[N+]([O-])c1c(Cl)ncnc1-c1cncnc1. The van der Waals surface area contributed by atoms with Crippen LogP contribution in [0.5, 0.6) is 0 Å². The normalized spacial score (nSPS) is 10.1. The van der Waals surface area contributed by atoms with Crippen molar-refractivity contribution >= 4 is 17.3 Å². The summed E-state index contributed by atoms with van der Waals surface area (Å²) in [7, 11) is 0. The number of nitrogens with zero attached hydrogens (tertiary/aromatic N) is 5. The highest BCUT2D eigenvalue weighted by molar-refractivity contribution is 6.31. The molecule has 0 saturated carbocycles. The maximum Gasteiger partial charge on any atom is 0.332 e. The Hall–Kier alpha value is -2.15. The van der Waals surface area contributed by atoms with Gasteiger partial charge in [0, 0.05) is 18.0 Å². The third kappa shape index (κ3) is 1.80. The van der Waals surface area contributed by atoms with Gasteiger partial charge in [-0.15, -0.1) is 0 Å². The molecule has 0 fully saturated rings. The molecule has 0 unspecified atom stereocenters. The van der Waals surface area contributed by atoms with Crippen LogP contribution >= 0.6 is 11.6 Å². The fourth-order valence-corrected chi connectivity index (χ4v) is 1.35. The van der Waals surface area contributed by atoms with Crippen LogP contribution in [0.1, 0.15) is 0 Å². The summed E-state index contributed by atoms with van der Waals surface area (Å²) < 4.78 is 0. The van der Waals surface area contributed by atoms with Gasteiger partial charge >= 0.3 is 5.69 Å². The van der Waals surface area contributed by atoms with Crippen LogP contribution in [0.25, 0.3) is 11.3 Å². The van der Waals surface area contributed by atoms with Gasteiger partial charge in [-0.2, -0.15) is 0 Å². The molecule has 0 atom stereocenters. The monoisotopic (exact) mass is 237 g/mol. The van der Waals surface area contributed by atoms with Crippen LogP contribution in [-0.4, -0.2) is 24.9 Å². The van der Waals surface area contributed by atoms with Crippen molar-refractivity contribution < 1.29 is 4.92 Å². The molecule has 0 aliphatic heterocycles. The maximum absolute atomic E-state index is 10.8. The molecule has 0 aliphatic rings. The Labute approximate surface area is 94.3 Å². The Morgan fingerprint density at radius 3 is 2.50 bits per heavy atom. The summed E-state index contributed by atoms with van der Waals surface area (Å²) in [6, 6.07) is 0. The Kier molecular flexibility index (Phi) is 2.69. The zero-order valence-electron chi connectivity index (χ0n) is 7.74. The number of aromatic nitrogens is 4. The second-order valence-electron chi connectivity index (χ2n) is 2.75. The molecule has 0 amide bonds. The van der Waals surface area contributed by atoms with Crippen LogP contribution in [-0.2, 0) is 0 Å². The molecule has 0 saturated heterocycles. The van der Waals surface area contributed by atoms with E-state index in [1.54, 1.807) is 0 Å². The summed E-state index contributed by atoms with van der Waals surface area (Å²) >= 11 is 5.64. The Bertz CT molecular complexity index is 533. The largest absolute Gasteiger partial charge is 0.332 e. The quantitative estimate of drug-likeness (QED) is 0.446. The molecule has 2 aromatic heterocycles. The molecule has 2 rings (SSSR count). The molecule has 2 aromatic rings. The van der Waals surface area contributed by atoms with Crippen LogP contribution in [0, 0.1) is 10.1 Å². The average Bonchev–Trinajstić information content (AvgIpc) is 2.29. The molecule has 0 aromatic carbocycles. The second kappa shape index (κ2) is 4.15. The fourth-order valence-electron chi connectivity index (χ4n) is 1.15. The molecule has 0 aliphatic carbocycles. The average molecular weight is 238 g/mol. The Balaban J connectivity index is 2.66. The van der Waals surface area contributed by atoms with Crippen molar-refractivity contribution in [3.05, 3.63) is 40.3 Å². The highest BCUT2D eigenvalue weighted by atomic mass is 35.5. The first-order valence-electron chi connectivity index (χ1n) is 4.10. The van der Waals surface area contributed by atoms with E-state index in [0.29, 0.717) is 5.56 Å². The molecule has 8 heteroatoms. The second-order valence-corrected chi connectivity index (χ2v) is 3.10. The third-order valence-corrected chi connectivity index (χ3v) is 2.07. The van der Waals surface area contributed by atoms with Crippen LogP contribution < -0.4 is 0 Å². The first kappa shape index (κ1) is 10.4. The van der Waals surface area contributed by atoms with Crippen molar-refractivity contribution in [3.63, 3.8) is 0 Å². The lowest BCUT2D eigenvalue weighted by Gasteiger charge is -2.01. The molecule has 2 heterocycles. The highest BCUT2D eigenvalue weighted by Crippen LogP contribution is 2.31. The minimum absolute atomic E-state index is 0.102. The predicted molar refractivity (Wildman–Crippen MR) is 54.7 cm³/mol. The van der Waals surface area contributed by atoms with E-state index in [9.17, 15) is 10.1 Å². The molecule has 0 radical (unpaired) electrons. The topological polar surface area (TPSA) is 94.7 Å². The van der Waals surface area contributed by atoms with E-state index in [1.165, 1.54) is 18.7 Å². The van der Waals surface area contributed by atoms with Crippen molar-refractivity contribution in [2.24, 2.45) is 0 Å². The van der Waals surface area contributed by atoms with Crippen molar-refractivity contribution in [1.29, 1.82) is 0 Å². The molecular weight excluding hydrogens is 234 g/mol. The van der Waals surface area contributed by atoms with Gasteiger partial charge in [0.15, 0.2) is 5.69 Å². The van der Waals surface area contributed by atoms with Gasteiger partial charge < -0.3 is 0 Å². The lowest BCUT2D eigenvalue weighted by atomic mass is 10.2. The van der Waals surface area contributed by atoms with Gasteiger partial charge in [-0.25, -0.2) is 19.9 Å². The van der Waals surface area contributed by atoms with E-state index in [-0.39, 0.29) is 16.5 Å². The summed E-state index contributed by atoms with van der Waals surface area (Å²) in [6.07, 6.45) is 5.30. The molecule has 7 nitrogen and oxygen atoms in total. The Morgan fingerprint density at radius 1 is 1.19 bits per heavy atom. The van der Waals surface area contributed by atoms with E-state index in [1.807, 2.05) is 0 Å². The molecule has 80 valence electrons. The zero-order chi connectivity index (χ0) is 11.5. The van der Waals surface area contributed by atoms with E-state index < -0.39 is 4.92 Å². The van der Waals surface area contributed by atoms with Gasteiger partial charge in [-0.05, 0) is 0 Å². The minimum Gasteiger partial charge on any atom is -0.258 e. The van der Waals surface area contributed by atoms with E-state index in [2.05, 4.69) is 19.9 Å². The van der Waals surface area contributed by atoms with Crippen molar-refractivity contribution in [2.45, 2.75) is 0 Å². The van der Waals surface area contributed by atoms with Gasteiger partial charge in [-0.3, -0.25) is 10.1 Å². The number of rotatable bonds is 2. The van der Waals surface area contributed by atoms with Crippen molar-refractivity contribution in [3.8, 4) is 11.3 Å². The molecule has 16 heavy (non-hydrogen) atoms. The van der Waals surface area contributed by atoms with Crippen LogP contribution in [0.15, 0.2) is 25.0 Å². The minimum atomic E-state index is -0.634. The summed E-state index contributed by atoms with van der Waals surface area (Å²) in [5.41, 5.74) is 0.170. The van der Waals surface area contributed by atoms with Crippen LogP contribution in [0.4, 0.5) is 5.69 Å². The standard InChI is InChI=1S/C8H4ClN5O2/c9-8-7(14(15)16)6(12-4-13-8)5-1-10-3-11-2-5/h1-4H. The zero-order valence-corrected chi connectivity index (χ0v) is 8.50. The summed E-state index contributed by atoms with van der Waals surface area (Å²) in [5.74, 6) is 0. The molecular formula is C8H4ClN5O2. The van der Waals surface area contributed by atoms with E-state index in [0.717, 1.165) is 6.33 Å². The summed E-state index contributed by atoms with van der Waals surface area (Å²) in [4.78, 5) is 25.1. The van der Waals surface area contributed by atoms with Crippen molar-refractivity contribution in [2.75, 3.05) is 0 Å².